The normalized spacial score (nSPS) is 16.9. The van der Waals surface area contributed by atoms with Crippen LogP contribution in [0.2, 0.25) is 0 Å². The number of guanidine groups is 1. The summed E-state index contributed by atoms with van der Waals surface area (Å²) >= 11 is 0. The smallest absolute Gasteiger partial charge is 0.191 e. The highest BCUT2D eigenvalue weighted by Gasteiger charge is 2.11. The molecule has 1 saturated heterocycles. The molecule has 108 valence electrons. The monoisotopic (exact) mass is 377 g/mol. The Bertz CT molecular complexity index is 420. The van der Waals surface area contributed by atoms with Crippen molar-refractivity contribution in [2.45, 2.75) is 46.1 Å². The third-order valence-corrected chi connectivity index (χ3v) is 3.49. The Kier molecular flexibility index (Phi) is 6.68. The molecule has 0 bridgehead atoms. The Morgan fingerprint density at radius 1 is 1.26 bits per heavy atom. The van der Waals surface area contributed by atoms with Gasteiger partial charge in [0.15, 0.2) is 5.96 Å². The zero-order chi connectivity index (χ0) is 13.0. The number of hydrogen-bond acceptors (Lipinski definition) is 2. The van der Waals surface area contributed by atoms with E-state index in [1.165, 1.54) is 25.7 Å². The van der Waals surface area contributed by atoms with Crippen LogP contribution >= 0.6 is 24.0 Å². The predicted molar refractivity (Wildman–Crippen MR) is 89.0 cm³/mol. The Labute approximate surface area is 132 Å². The molecule has 0 atom stereocenters. The van der Waals surface area contributed by atoms with Crippen molar-refractivity contribution in [1.29, 1.82) is 0 Å². The summed E-state index contributed by atoms with van der Waals surface area (Å²) in [4.78, 5) is 6.70. The molecule has 0 aromatic carbocycles. The van der Waals surface area contributed by atoms with E-state index in [2.05, 4.69) is 9.89 Å². The second-order valence-electron chi connectivity index (χ2n) is 5.01. The largest absolute Gasteiger partial charge is 0.466 e. The molecule has 5 heteroatoms. The van der Waals surface area contributed by atoms with Crippen molar-refractivity contribution >= 4 is 29.9 Å². The Balaban J connectivity index is 0.00000180. The molecule has 1 aromatic rings. The minimum absolute atomic E-state index is 0. The van der Waals surface area contributed by atoms with Crippen molar-refractivity contribution in [1.82, 2.24) is 4.90 Å². The number of likely N-dealkylation sites (tertiary alicyclic amines) is 1. The van der Waals surface area contributed by atoms with Crippen molar-refractivity contribution in [3.63, 3.8) is 0 Å². The molecule has 2 rings (SSSR count). The number of aliphatic imine (C=N–C) groups is 1. The van der Waals surface area contributed by atoms with Crippen LogP contribution in [0.3, 0.4) is 0 Å². The van der Waals surface area contributed by atoms with E-state index in [4.69, 9.17) is 10.2 Å². The SMILES string of the molecule is Cc1cc(CN=C(N)N2CCCCCC2)c(C)o1.I. The summed E-state index contributed by atoms with van der Waals surface area (Å²) in [5.74, 6) is 2.56. The summed E-state index contributed by atoms with van der Waals surface area (Å²) in [6, 6.07) is 2.04. The third kappa shape index (κ3) is 4.71. The zero-order valence-electron chi connectivity index (χ0n) is 11.8. The van der Waals surface area contributed by atoms with Gasteiger partial charge in [-0.25, -0.2) is 4.99 Å². The van der Waals surface area contributed by atoms with Crippen molar-refractivity contribution in [2.24, 2.45) is 10.7 Å². The zero-order valence-corrected chi connectivity index (χ0v) is 14.1. The average molecular weight is 377 g/mol. The summed E-state index contributed by atoms with van der Waals surface area (Å²) in [6.07, 6.45) is 5.06. The minimum Gasteiger partial charge on any atom is -0.466 e. The van der Waals surface area contributed by atoms with Crippen LogP contribution in [0.15, 0.2) is 15.5 Å². The molecule has 1 aliphatic heterocycles. The maximum Gasteiger partial charge on any atom is 0.191 e. The number of hydrogen-bond donors (Lipinski definition) is 1. The van der Waals surface area contributed by atoms with Gasteiger partial charge in [-0.1, -0.05) is 12.8 Å². The van der Waals surface area contributed by atoms with E-state index < -0.39 is 0 Å². The van der Waals surface area contributed by atoms with Gasteiger partial charge in [0.05, 0.1) is 6.54 Å². The Morgan fingerprint density at radius 3 is 2.42 bits per heavy atom. The van der Waals surface area contributed by atoms with Gasteiger partial charge in [0, 0.05) is 18.7 Å². The molecule has 0 radical (unpaired) electrons. The quantitative estimate of drug-likeness (QED) is 0.489. The lowest BCUT2D eigenvalue weighted by Crippen LogP contribution is -2.38. The van der Waals surface area contributed by atoms with Crippen molar-refractivity contribution in [2.75, 3.05) is 13.1 Å². The maximum absolute atomic E-state index is 6.07. The summed E-state index contributed by atoms with van der Waals surface area (Å²) in [5.41, 5.74) is 7.20. The minimum atomic E-state index is 0. The number of furan rings is 1. The predicted octanol–water partition coefficient (Wildman–Crippen LogP) is 3.21. The van der Waals surface area contributed by atoms with E-state index in [1.54, 1.807) is 0 Å². The topological polar surface area (TPSA) is 54.8 Å². The highest BCUT2D eigenvalue weighted by atomic mass is 127. The highest BCUT2D eigenvalue weighted by molar-refractivity contribution is 14.0. The van der Waals surface area contributed by atoms with Crippen LogP contribution in [0.4, 0.5) is 0 Å². The first-order valence-corrected chi connectivity index (χ1v) is 6.77. The fraction of sp³-hybridized carbons (Fsp3) is 0.643. The molecule has 0 aliphatic carbocycles. The third-order valence-electron chi connectivity index (χ3n) is 3.49. The molecule has 4 nitrogen and oxygen atoms in total. The molecule has 19 heavy (non-hydrogen) atoms. The molecule has 2 N–H and O–H groups in total. The van der Waals surface area contributed by atoms with Crippen LogP contribution < -0.4 is 5.73 Å². The van der Waals surface area contributed by atoms with E-state index in [1.807, 2.05) is 19.9 Å². The Hall–Kier alpha value is -0.720. The maximum atomic E-state index is 6.07. The van der Waals surface area contributed by atoms with Gasteiger partial charge in [-0.3, -0.25) is 0 Å². The number of rotatable bonds is 2. The van der Waals surface area contributed by atoms with E-state index in [0.29, 0.717) is 12.5 Å². The average Bonchev–Trinajstić information content (AvgIpc) is 2.59. The first-order chi connectivity index (χ1) is 8.66. The van der Waals surface area contributed by atoms with Gasteiger partial charge in [0.25, 0.3) is 0 Å². The summed E-state index contributed by atoms with van der Waals surface area (Å²) in [7, 11) is 0. The first kappa shape index (κ1) is 16.3. The fourth-order valence-corrected chi connectivity index (χ4v) is 2.41. The van der Waals surface area contributed by atoms with Crippen LogP contribution in [-0.2, 0) is 6.54 Å². The standard InChI is InChI=1S/C14H23N3O.HI/c1-11-9-13(12(2)18-11)10-16-14(15)17-7-5-3-4-6-8-17;/h9H,3-8,10H2,1-2H3,(H2,15,16);1H. The van der Waals surface area contributed by atoms with Gasteiger partial charge in [-0.2, -0.15) is 0 Å². The van der Waals surface area contributed by atoms with E-state index in [9.17, 15) is 0 Å². The van der Waals surface area contributed by atoms with Gasteiger partial charge in [0.1, 0.15) is 11.5 Å². The number of nitrogens with two attached hydrogens (primary N) is 1. The lowest BCUT2D eigenvalue weighted by molar-refractivity contribution is 0.428. The molecule has 1 aliphatic rings. The fourth-order valence-electron chi connectivity index (χ4n) is 2.41. The number of halogens is 1. The van der Waals surface area contributed by atoms with Crippen LogP contribution in [0.5, 0.6) is 0 Å². The molecular weight excluding hydrogens is 353 g/mol. The van der Waals surface area contributed by atoms with Crippen molar-refractivity contribution in [3.8, 4) is 0 Å². The summed E-state index contributed by atoms with van der Waals surface area (Å²) in [6.45, 7) is 6.63. The van der Waals surface area contributed by atoms with E-state index in [-0.39, 0.29) is 24.0 Å². The molecule has 1 fully saturated rings. The van der Waals surface area contributed by atoms with Gasteiger partial charge >= 0.3 is 0 Å². The van der Waals surface area contributed by atoms with Gasteiger partial charge < -0.3 is 15.1 Å². The van der Waals surface area contributed by atoms with Crippen molar-refractivity contribution in [3.05, 3.63) is 23.2 Å². The lowest BCUT2D eigenvalue weighted by atomic mass is 10.2. The molecule has 0 spiro atoms. The van der Waals surface area contributed by atoms with Crippen LogP contribution in [0, 0.1) is 13.8 Å². The van der Waals surface area contributed by atoms with E-state index in [0.717, 1.165) is 30.2 Å². The molecule has 2 heterocycles. The molecule has 0 saturated carbocycles. The first-order valence-electron chi connectivity index (χ1n) is 6.77. The molecule has 1 aromatic heterocycles. The van der Waals surface area contributed by atoms with Gasteiger partial charge in [0.2, 0.25) is 0 Å². The molecule has 0 amide bonds. The second-order valence-corrected chi connectivity index (χ2v) is 5.01. The summed E-state index contributed by atoms with van der Waals surface area (Å²) < 4.78 is 5.49. The lowest BCUT2D eigenvalue weighted by Gasteiger charge is -2.20. The Morgan fingerprint density at radius 2 is 1.89 bits per heavy atom. The highest BCUT2D eigenvalue weighted by Crippen LogP contribution is 2.15. The number of nitrogens with zero attached hydrogens (tertiary/aromatic N) is 2. The molecular formula is C14H24IN3O. The van der Waals surface area contributed by atoms with Crippen LogP contribution in [0.25, 0.3) is 0 Å². The number of aryl methyl sites for hydroxylation is 2. The van der Waals surface area contributed by atoms with Crippen molar-refractivity contribution < 1.29 is 4.42 Å². The summed E-state index contributed by atoms with van der Waals surface area (Å²) in [5, 5.41) is 0. The van der Waals surface area contributed by atoms with Crippen LogP contribution in [0.1, 0.15) is 42.8 Å². The van der Waals surface area contributed by atoms with Crippen LogP contribution in [-0.4, -0.2) is 23.9 Å². The van der Waals surface area contributed by atoms with E-state index >= 15 is 0 Å². The second kappa shape index (κ2) is 7.77. The molecule has 0 unspecified atom stereocenters. The van der Waals surface area contributed by atoms with Gasteiger partial charge in [-0.05, 0) is 32.8 Å². The van der Waals surface area contributed by atoms with Gasteiger partial charge in [-0.15, -0.1) is 24.0 Å².